The Morgan fingerprint density at radius 3 is 1.46 bits per heavy atom. The molecule has 1 aromatic heterocycles. The minimum atomic E-state index is -0.0446. The predicted octanol–water partition coefficient (Wildman–Crippen LogP) is 15.5. The number of unbranched alkanes of at least 4 members (excludes halogenated alkanes) is 18. The van der Waals surface area contributed by atoms with E-state index in [1.54, 1.807) is 11.1 Å². The Bertz CT molecular complexity index is 1620. The van der Waals surface area contributed by atoms with Crippen LogP contribution in [0.25, 0.3) is 33.3 Å². The standard InChI is InChI=1S/C49H72N2Se/c1-7-9-11-13-15-17-19-21-23-25-33-49(34-26-24-22-20-18-16-14-12-10-8-2)45-35-39(37(3)4)27-29-43(45)44-30-28-40(36-46(44)49)42-32-31-41(38(5)6)47-48(42)51-52-50-47/h27-32,35-38H,7-26,33-34H2,1-6H3. The van der Waals surface area contributed by atoms with Crippen LogP contribution in [0.5, 0.6) is 0 Å². The number of nitrogens with zero attached hydrogens (tertiary/aromatic N) is 2. The Morgan fingerprint density at radius 1 is 0.481 bits per heavy atom. The van der Waals surface area contributed by atoms with Crippen LogP contribution >= 0.6 is 0 Å². The van der Waals surface area contributed by atoms with Crippen molar-refractivity contribution in [2.45, 2.75) is 200 Å². The van der Waals surface area contributed by atoms with Crippen LogP contribution in [0.3, 0.4) is 0 Å². The summed E-state index contributed by atoms with van der Waals surface area (Å²) in [5.41, 5.74) is 14.0. The summed E-state index contributed by atoms with van der Waals surface area (Å²) < 4.78 is 9.97. The van der Waals surface area contributed by atoms with Crippen LogP contribution in [0.15, 0.2) is 48.5 Å². The molecule has 0 bridgehead atoms. The van der Waals surface area contributed by atoms with Crippen LogP contribution in [0.1, 0.15) is 217 Å². The molecule has 4 aromatic rings. The van der Waals surface area contributed by atoms with E-state index in [0.29, 0.717) is 11.8 Å². The molecule has 52 heavy (non-hydrogen) atoms. The van der Waals surface area contributed by atoms with E-state index in [4.69, 9.17) is 7.96 Å². The summed E-state index contributed by atoms with van der Waals surface area (Å²) in [6, 6.07) is 19.7. The molecule has 0 aliphatic heterocycles. The molecule has 0 amide bonds. The van der Waals surface area contributed by atoms with Crippen molar-refractivity contribution >= 4 is 26.0 Å². The number of rotatable bonds is 25. The summed E-state index contributed by atoms with van der Waals surface area (Å²) in [5, 5.41) is 0. The van der Waals surface area contributed by atoms with Crippen LogP contribution in [0.2, 0.25) is 0 Å². The van der Waals surface area contributed by atoms with Gasteiger partial charge in [0.2, 0.25) is 0 Å². The molecular formula is C49H72N2Se. The molecule has 0 saturated heterocycles. The van der Waals surface area contributed by atoms with Crippen LogP contribution in [-0.4, -0.2) is 22.9 Å². The molecule has 3 aromatic carbocycles. The molecular weight excluding hydrogens is 696 g/mol. The van der Waals surface area contributed by atoms with Crippen molar-refractivity contribution in [1.29, 1.82) is 0 Å². The molecule has 0 N–H and O–H groups in total. The Morgan fingerprint density at radius 2 is 0.942 bits per heavy atom. The first-order valence-corrected chi connectivity index (χ1v) is 23.5. The number of hydrogen-bond acceptors (Lipinski definition) is 2. The molecule has 3 heteroatoms. The van der Waals surface area contributed by atoms with Gasteiger partial charge in [-0.2, -0.15) is 0 Å². The Labute approximate surface area is 325 Å². The van der Waals surface area contributed by atoms with Gasteiger partial charge in [0.1, 0.15) is 0 Å². The molecule has 2 nitrogen and oxygen atoms in total. The fourth-order valence-corrected chi connectivity index (χ4v) is 10.3. The van der Waals surface area contributed by atoms with E-state index in [1.165, 1.54) is 175 Å². The Balaban J connectivity index is 1.41. The fraction of sp³-hybridized carbons (Fsp3) is 0.633. The van der Waals surface area contributed by atoms with Crippen LogP contribution in [0, 0.1) is 0 Å². The molecule has 0 radical (unpaired) electrons. The first kappa shape index (κ1) is 41.0. The third-order valence-electron chi connectivity index (χ3n) is 12.3. The van der Waals surface area contributed by atoms with E-state index < -0.39 is 0 Å². The van der Waals surface area contributed by atoms with Gasteiger partial charge in [-0.15, -0.1) is 0 Å². The Hall–Kier alpha value is -2.22. The van der Waals surface area contributed by atoms with Crippen molar-refractivity contribution in [2.75, 3.05) is 0 Å². The first-order chi connectivity index (χ1) is 25.4. The molecule has 1 aliphatic carbocycles. The SMILES string of the molecule is CCCCCCCCCCCCC1(CCCCCCCCCCCC)c2cc(-c3ccc(C(C)C)c4n[se]nc34)ccc2-c2ccc(C(C)C)cc21. The van der Waals surface area contributed by atoms with Gasteiger partial charge in [-0.25, -0.2) is 0 Å². The molecule has 284 valence electrons. The average molecular weight is 768 g/mol. The second-order valence-electron chi connectivity index (χ2n) is 17.0. The second-order valence-corrected chi connectivity index (χ2v) is 18.1. The summed E-state index contributed by atoms with van der Waals surface area (Å²) in [4.78, 5) is 0. The van der Waals surface area contributed by atoms with Gasteiger partial charge >= 0.3 is 236 Å². The molecule has 5 rings (SSSR count). The van der Waals surface area contributed by atoms with Crippen molar-refractivity contribution in [3.63, 3.8) is 0 Å². The average Bonchev–Trinajstić information content (AvgIpc) is 3.74. The van der Waals surface area contributed by atoms with Crippen LogP contribution in [-0.2, 0) is 5.41 Å². The number of fused-ring (bicyclic) bond motifs is 4. The predicted molar refractivity (Wildman–Crippen MR) is 229 cm³/mol. The van der Waals surface area contributed by atoms with Crippen LogP contribution < -0.4 is 0 Å². The summed E-state index contributed by atoms with van der Waals surface area (Å²) in [6.45, 7) is 13.9. The molecule has 0 fully saturated rings. The molecule has 0 atom stereocenters. The van der Waals surface area contributed by atoms with Crippen molar-refractivity contribution in [3.8, 4) is 22.3 Å². The van der Waals surface area contributed by atoms with Gasteiger partial charge in [0, 0.05) is 0 Å². The summed E-state index contributed by atoms with van der Waals surface area (Å²) in [6.07, 6.45) is 30.3. The van der Waals surface area contributed by atoms with Gasteiger partial charge in [0.15, 0.2) is 0 Å². The quantitative estimate of drug-likeness (QED) is 0.0496. The van der Waals surface area contributed by atoms with Crippen molar-refractivity contribution in [2.24, 2.45) is 0 Å². The topological polar surface area (TPSA) is 25.8 Å². The summed E-state index contributed by atoms with van der Waals surface area (Å²) in [7, 11) is 0. The zero-order chi connectivity index (χ0) is 36.8. The zero-order valence-electron chi connectivity index (χ0n) is 34.1. The van der Waals surface area contributed by atoms with E-state index >= 15 is 0 Å². The fourth-order valence-electron chi connectivity index (χ4n) is 9.12. The normalized spacial score (nSPS) is 13.5. The van der Waals surface area contributed by atoms with Crippen molar-refractivity contribution < 1.29 is 0 Å². The van der Waals surface area contributed by atoms with E-state index in [1.807, 2.05) is 0 Å². The van der Waals surface area contributed by atoms with Gasteiger partial charge in [-0.1, -0.05) is 90.9 Å². The zero-order valence-corrected chi connectivity index (χ0v) is 35.8. The van der Waals surface area contributed by atoms with E-state index in [-0.39, 0.29) is 20.4 Å². The minimum absolute atomic E-state index is 0.0446. The van der Waals surface area contributed by atoms with Gasteiger partial charge in [0.25, 0.3) is 0 Å². The van der Waals surface area contributed by atoms with Gasteiger partial charge in [-0.05, 0) is 0 Å². The number of aromatic nitrogens is 2. The van der Waals surface area contributed by atoms with E-state index in [9.17, 15) is 0 Å². The maximum atomic E-state index is 5.03. The third kappa shape index (κ3) is 10.3. The Kier molecular flexibility index (Phi) is 16.6. The monoisotopic (exact) mass is 768 g/mol. The molecule has 1 aliphatic rings. The second kappa shape index (κ2) is 21.0. The molecule has 0 spiro atoms. The summed E-state index contributed by atoms with van der Waals surface area (Å²) in [5.74, 6) is 0.987. The molecule has 1 heterocycles. The van der Waals surface area contributed by atoms with E-state index in [0.717, 1.165) is 11.0 Å². The van der Waals surface area contributed by atoms with Crippen molar-refractivity contribution in [1.82, 2.24) is 7.96 Å². The van der Waals surface area contributed by atoms with Crippen LogP contribution in [0.4, 0.5) is 0 Å². The molecule has 0 unspecified atom stereocenters. The third-order valence-corrected chi connectivity index (χ3v) is 13.5. The molecule has 0 saturated carbocycles. The van der Waals surface area contributed by atoms with Gasteiger partial charge in [0.05, 0.1) is 0 Å². The summed E-state index contributed by atoms with van der Waals surface area (Å²) >= 11 is -0.0446. The van der Waals surface area contributed by atoms with Crippen molar-refractivity contribution in [3.05, 3.63) is 70.8 Å². The van der Waals surface area contributed by atoms with Gasteiger partial charge < -0.3 is 0 Å². The first-order valence-electron chi connectivity index (χ1n) is 22.0. The number of hydrogen-bond donors (Lipinski definition) is 0. The van der Waals surface area contributed by atoms with E-state index in [2.05, 4.69) is 90.1 Å². The van der Waals surface area contributed by atoms with Gasteiger partial charge in [-0.3, -0.25) is 0 Å². The number of benzene rings is 3. The maximum absolute atomic E-state index is 5.03.